The van der Waals surface area contributed by atoms with Crippen LogP contribution in [-0.4, -0.2) is 33.4 Å². The van der Waals surface area contributed by atoms with E-state index in [2.05, 4.69) is 26.6 Å². The topological polar surface area (TPSA) is 79.9 Å². The van der Waals surface area contributed by atoms with Crippen molar-refractivity contribution in [3.63, 3.8) is 0 Å². The zero-order valence-electron chi connectivity index (χ0n) is 15.6. The Labute approximate surface area is 162 Å². The number of carbonyl (C=O) groups is 1. The third-order valence-corrected chi connectivity index (χ3v) is 4.59. The lowest BCUT2D eigenvalue weighted by Gasteiger charge is -2.07. The summed E-state index contributed by atoms with van der Waals surface area (Å²) in [6.45, 7) is 6.53. The average Bonchev–Trinajstić information content (AvgIpc) is 3.09. The number of hydrogen-bond donors (Lipinski definition) is 2. The third-order valence-electron chi connectivity index (χ3n) is 3.74. The molecule has 0 unspecified atom stereocenters. The molecule has 0 aliphatic carbocycles. The number of ether oxygens (including phenoxy) is 1. The van der Waals surface area contributed by atoms with Crippen LogP contribution in [0.5, 0.6) is 5.75 Å². The summed E-state index contributed by atoms with van der Waals surface area (Å²) < 4.78 is 5.63. The number of aromatic amines is 1. The van der Waals surface area contributed by atoms with Gasteiger partial charge >= 0.3 is 0 Å². The van der Waals surface area contributed by atoms with E-state index in [0.717, 1.165) is 28.1 Å². The standard InChI is InChI=1S/C20H22N4O2S/c1-4-26-17-8-6-5-7-16(17)19-22-20(24-23-19)27-12-18(25)21-15-10-13(2)9-14(3)11-15/h5-11H,4,12H2,1-3H3,(H,21,25)(H,22,23,24). The molecule has 0 fully saturated rings. The SMILES string of the molecule is CCOc1ccccc1-c1nc(SCC(=O)Nc2cc(C)cc(C)c2)n[nH]1. The molecule has 3 rings (SSSR count). The van der Waals surface area contributed by atoms with Crippen LogP contribution in [0.3, 0.4) is 0 Å². The molecule has 0 bridgehead atoms. The molecule has 2 N–H and O–H groups in total. The molecule has 0 atom stereocenters. The molecule has 1 aromatic heterocycles. The van der Waals surface area contributed by atoms with E-state index < -0.39 is 0 Å². The highest BCUT2D eigenvalue weighted by Gasteiger charge is 2.12. The number of aryl methyl sites for hydroxylation is 2. The van der Waals surface area contributed by atoms with Crippen LogP contribution in [0, 0.1) is 13.8 Å². The van der Waals surface area contributed by atoms with E-state index in [0.29, 0.717) is 17.6 Å². The first-order valence-corrected chi connectivity index (χ1v) is 9.69. The van der Waals surface area contributed by atoms with Crippen LogP contribution in [0.1, 0.15) is 18.1 Å². The maximum absolute atomic E-state index is 12.2. The minimum Gasteiger partial charge on any atom is -0.493 e. The lowest BCUT2D eigenvalue weighted by Crippen LogP contribution is -2.14. The van der Waals surface area contributed by atoms with Gasteiger partial charge in [0.25, 0.3) is 0 Å². The maximum Gasteiger partial charge on any atom is 0.234 e. The van der Waals surface area contributed by atoms with Gasteiger partial charge in [-0.05, 0) is 56.2 Å². The Balaban J connectivity index is 1.62. The number of H-pyrrole nitrogens is 1. The quantitative estimate of drug-likeness (QED) is 0.598. The van der Waals surface area contributed by atoms with Gasteiger partial charge in [0.2, 0.25) is 11.1 Å². The Morgan fingerprint density at radius 2 is 1.93 bits per heavy atom. The predicted octanol–water partition coefficient (Wildman–Crippen LogP) is 4.22. The van der Waals surface area contributed by atoms with Crippen LogP contribution >= 0.6 is 11.8 Å². The van der Waals surface area contributed by atoms with Crippen molar-refractivity contribution in [3.05, 3.63) is 53.6 Å². The van der Waals surface area contributed by atoms with Crippen molar-refractivity contribution < 1.29 is 9.53 Å². The summed E-state index contributed by atoms with van der Waals surface area (Å²) in [6.07, 6.45) is 0. The number of nitrogens with one attached hydrogen (secondary N) is 2. The highest BCUT2D eigenvalue weighted by Crippen LogP contribution is 2.28. The number of amides is 1. The second-order valence-corrected chi connectivity index (χ2v) is 7.05. The van der Waals surface area contributed by atoms with Crippen molar-refractivity contribution >= 4 is 23.4 Å². The van der Waals surface area contributed by atoms with Gasteiger partial charge in [0.05, 0.1) is 17.9 Å². The molecule has 1 heterocycles. The van der Waals surface area contributed by atoms with Crippen molar-refractivity contribution in [2.24, 2.45) is 0 Å². The fourth-order valence-electron chi connectivity index (χ4n) is 2.75. The van der Waals surface area contributed by atoms with Crippen LogP contribution in [0.4, 0.5) is 5.69 Å². The molecule has 27 heavy (non-hydrogen) atoms. The molecule has 6 nitrogen and oxygen atoms in total. The zero-order valence-corrected chi connectivity index (χ0v) is 16.4. The Kier molecular flexibility index (Phi) is 6.13. The van der Waals surface area contributed by atoms with Crippen LogP contribution in [0.2, 0.25) is 0 Å². The molecule has 1 amide bonds. The van der Waals surface area contributed by atoms with Gasteiger partial charge in [-0.2, -0.15) is 0 Å². The monoisotopic (exact) mass is 382 g/mol. The summed E-state index contributed by atoms with van der Waals surface area (Å²) in [4.78, 5) is 16.7. The molecule has 0 radical (unpaired) electrons. The largest absolute Gasteiger partial charge is 0.493 e. The number of carbonyl (C=O) groups excluding carboxylic acids is 1. The van der Waals surface area contributed by atoms with Crippen LogP contribution < -0.4 is 10.1 Å². The molecule has 3 aromatic rings. The summed E-state index contributed by atoms with van der Waals surface area (Å²) >= 11 is 1.28. The molecule has 0 saturated carbocycles. The van der Waals surface area contributed by atoms with Crippen LogP contribution in [0.25, 0.3) is 11.4 Å². The summed E-state index contributed by atoms with van der Waals surface area (Å²) in [5.41, 5.74) is 3.88. The minimum atomic E-state index is -0.0916. The summed E-state index contributed by atoms with van der Waals surface area (Å²) in [5, 5.41) is 10.5. The van der Waals surface area contributed by atoms with E-state index in [4.69, 9.17) is 4.74 Å². The van der Waals surface area contributed by atoms with E-state index in [1.54, 1.807) is 0 Å². The third kappa shape index (κ3) is 5.10. The highest BCUT2D eigenvalue weighted by molar-refractivity contribution is 7.99. The maximum atomic E-state index is 12.2. The molecule has 0 spiro atoms. The summed E-state index contributed by atoms with van der Waals surface area (Å²) in [7, 11) is 0. The number of benzene rings is 2. The lowest BCUT2D eigenvalue weighted by molar-refractivity contribution is -0.113. The number of anilines is 1. The van der Waals surface area contributed by atoms with Gasteiger partial charge in [-0.3, -0.25) is 9.89 Å². The van der Waals surface area contributed by atoms with Gasteiger partial charge in [-0.15, -0.1) is 5.10 Å². The molecule has 7 heteroatoms. The van der Waals surface area contributed by atoms with Gasteiger partial charge in [-0.25, -0.2) is 4.98 Å². The van der Waals surface area contributed by atoms with E-state index in [9.17, 15) is 4.79 Å². The molecule has 0 aliphatic heterocycles. The highest BCUT2D eigenvalue weighted by atomic mass is 32.2. The Hall–Kier alpha value is -2.80. The molecular weight excluding hydrogens is 360 g/mol. The second-order valence-electron chi connectivity index (χ2n) is 6.11. The van der Waals surface area contributed by atoms with Crippen molar-refractivity contribution in [2.75, 3.05) is 17.7 Å². The Bertz CT molecular complexity index is 919. The smallest absolute Gasteiger partial charge is 0.234 e. The van der Waals surface area contributed by atoms with E-state index in [1.165, 1.54) is 11.8 Å². The number of rotatable bonds is 7. The lowest BCUT2D eigenvalue weighted by atomic mass is 10.1. The number of nitrogens with zero attached hydrogens (tertiary/aromatic N) is 2. The van der Waals surface area contributed by atoms with Crippen molar-refractivity contribution in [1.29, 1.82) is 0 Å². The predicted molar refractivity (Wildman–Crippen MR) is 108 cm³/mol. The fraction of sp³-hybridized carbons (Fsp3) is 0.250. The second kappa shape index (κ2) is 8.73. The minimum absolute atomic E-state index is 0.0916. The molecule has 0 saturated heterocycles. The fourth-order valence-corrected chi connectivity index (χ4v) is 3.35. The summed E-state index contributed by atoms with van der Waals surface area (Å²) in [6, 6.07) is 13.6. The van der Waals surface area contributed by atoms with Crippen LogP contribution in [-0.2, 0) is 4.79 Å². The number of hydrogen-bond acceptors (Lipinski definition) is 5. The normalized spacial score (nSPS) is 10.6. The van der Waals surface area contributed by atoms with Crippen LogP contribution in [0.15, 0.2) is 47.6 Å². The molecule has 0 aliphatic rings. The molecule has 140 valence electrons. The number of para-hydroxylation sites is 1. The Morgan fingerprint density at radius 3 is 2.67 bits per heavy atom. The number of aromatic nitrogens is 3. The Morgan fingerprint density at radius 1 is 1.19 bits per heavy atom. The van der Waals surface area contributed by atoms with Crippen molar-refractivity contribution in [1.82, 2.24) is 15.2 Å². The van der Waals surface area contributed by atoms with E-state index in [-0.39, 0.29) is 11.7 Å². The average molecular weight is 382 g/mol. The first-order valence-electron chi connectivity index (χ1n) is 8.70. The van der Waals surface area contributed by atoms with E-state index >= 15 is 0 Å². The first kappa shape index (κ1) is 19.0. The van der Waals surface area contributed by atoms with Crippen molar-refractivity contribution in [3.8, 4) is 17.1 Å². The van der Waals surface area contributed by atoms with E-state index in [1.807, 2.05) is 57.2 Å². The molecule has 2 aromatic carbocycles. The first-order chi connectivity index (χ1) is 13.0. The van der Waals surface area contributed by atoms with Gasteiger partial charge in [0.15, 0.2) is 5.82 Å². The van der Waals surface area contributed by atoms with Gasteiger partial charge in [0, 0.05) is 5.69 Å². The zero-order chi connectivity index (χ0) is 19.2. The van der Waals surface area contributed by atoms with Gasteiger partial charge in [-0.1, -0.05) is 30.0 Å². The number of thioether (sulfide) groups is 1. The van der Waals surface area contributed by atoms with Crippen molar-refractivity contribution in [2.45, 2.75) is 25.9 Å². The molecular formula is C20H22N4O2S. The van der Waals surface area contributed by atoms with Gasteiger partial charge < -0.3 is 10.1 Å². The van der Waals surface area contributed by atoms with Gasteiger partial charge in [0.1, 0.15) is 5.75 Å². The summed E-state index contributed by atoms with van der Waals surface area (Å²) in [5.74, 6) is 1.51.